The van der Waals surface area contributed by atoms with Gasteiger partial charge in [0.05, 0.1) is 13.2 Å². The Kier molecular flexibility index (Phi) is 5.14. The molecule has 2 heteroatoms. The van der Waals surface area contributed by atoms with E-state index in [9.17, 15) is 0 Å². The number of hydrogen-bond donors (Lipinski definition) is 0. The molecule has 1 aromatic carbocycles. The largest absolute Gasteiger partial charge is 0.376 e. The smallest absolute Gasteiger partial charge is 0.0717 e. The molecule has 0 aliphatic carbocycles. The number of thioether (sulfide) groups is 1. The van der Waals surface area contributed by atoms with Crippen LogP contribution in [-0.4, -0.2) is 17.6 Å². The van der Waals surface area contributed by atoms with Crippen LogP contribution in [0.15, 0.2) is 42.5 Å². The molecule has 1 aromatic rings. The third-order valence-corrected chi connectivity index (χ3v) is 4.26. The standard InChI is InChI=1S/C15H20OS/c1-13-6-5-9-17-15(10-13)12-16-11-14-7-3-2-4-8-14/h2-4,7-8,15H,1,5-6,9-12H2. The van der Waals surface area contributed by atoms with E-state index in [0.29, 0.717) is 5.25 Å². The Bertz CT molecular complexity index is 347. The van der Waals surface area contributed by atoms with Crippen molar-refractivity contribution in [1.82, 2.24) is 0 Å². The van der Waals surface area contributed by atoms with Gasteiger partial charge in [-0.3, -0.25) is 0 Å². The summed E-state index contributed by atoms with van der Waals surface area (Å²) in [4.78, 5) is 0. The summed E-state index contributed by atoms with van der Waals surface area (Å²) in [6, 6.07) is 10.4. The topological polar surface area (TPSA) is 9.23 Å². The Balaban J connectivity index is 1.72. The summed E-state index contributed by atoms with van der Waals surface area (Å²) >= 11 is 2.04. The van der Waals surface area contributed by atoms with Crippen molar-refractivity contribution in [2.24, 2.45) is 0 Å². The molecule has 0 amide bonds. The van der Waals surface area contributed by atoms with Crippen LogP contribution in [0.2, 0.25) is 0 Å². The summed E-state index contributed by atoms with van der Waals surface area (Å²) in [7, 11) is 0. The second kappa shape index (κ2) is 6.87. The Hall–Kier alpha value is -0.730. The zero-order valence-corrected chi connectivity index (χ0v) is 11.0. The van der Waals surface area contributed by atoms with Crippen LogP contribution in [0.1, 0.15) is 24.8 Å². The monoisotopic (exact) mass is 248 g/mol. The molecule has 92 valence electrons. The molecule has 1 atom stereocenters. The lowest BCUT2D eigenvalue weighted by Gasteiger charge is -2.14. The van der Waals surface area contributed by atoms with Crippen molar-refractivity contribution in [3.8, 4) is 0 Å². The maximum Gasteiger partial charge on any atom is 0.0717 e. The van der Waals surface area contributed by atoms with Crippen molar-refractivity contribution < 1.29 is 4.74 Å². The third-order valence-electron chi connectivity index (χ3n) is 2.96. The summed E-state index contributed by atoms with van der Waals surface area (Å²) in [5.41, 5.74) is 2.65. The molecule has 1 aliphatic heterocycles. The normalized spacial score (nSPS) is 21.2. The van der Waals surface area contributed by atoms with E-state index in [0.717, 1.165) is 19.6 Å². The van der Waals surface area contributed by atoms with E-state index in [2.05, 4.69) is 30.8 Å². The first-order chi connectivity index (χ1) is 8.34. The molecule has 1 saturated heterocycles. The van der Waals surface area contributed by atoms with Gasteiger partial charge in [0.2, 0.25) is 0 Å². The summed E-state index contributed by atoms with van der Waals surface area (Å²) in [5.74, 6) is 1.25. The van der Waals surface area contributed by atoms with Crippen molar-refractivity contribution in [2.75, 3.05) is 12.4 Å². The van der Waals surface area contributed by atoms with Crippen LogP contribution in [0.5, 0.6) is 0 Å². The van der Waals surface area contributed by atoms with Crippen molar-refractivity contribution in [2.45, 2.75) is 31.1 Å². The fraction of sp³-hybridized carbons (Fsp3) is 0.467. The van der Waals surface area contributed by atoms with Gasteiger partial charge in [0, 0.05) is 5.25 Å². The van der Waals surface area contributed by atoms with Gasteiger partial charge in [-0.15, -0.1) is 0 Å². The SMILES string of the molecule is C=C1CCCSC(COCc2ccccc2)C1. The summed E-state index contributed by atoms with van der Waals surface area (Å²) < 4.78 is 5.80. The highest BCUT2D eigenvalue weighted by molar-refractivity contribution is 7.99. The quantitative estimate of drug-likeness (QED) is 0.744. The molecule has 17 heavy (non-hydrogen) atoms. The molecule has 0 radical (unpaired) electrons. The highest BCUT2D eigenvalue weighted by atomic mass is 32.2. The molecule has 0 aromatic heterocycles. The highest BCUT2D eigenvalue weighted by Crippen LogP contribution is 2.27. The molecule has 0 saturated carbocycles. The number of hydrogen-bond acceptors (Lipinski definition) is 2. The van der Waals surface area contributed by atoms with Crippen molar-refractivity contribution in [3.05, 3.63) is 48.0 Å². The maximum atomic E-state index is 5.80. The zero-order valence-electron chi connectivity index (χ0n) is 10.2. The number of allylic oxidation sites excluding steroid dienone is 1. The van der Waals surface area contributed by atoms with Crippen LogP contribution in [0.25, 0.3) is 0 Å². The fourth-order valence-electron chi connectivity index (χ4n) is 2.04. The molecule has 0 bridgehead atoms. The molecule has 0 spiro atoms. The average Bonchev–Trinajstić information content (AvgIpc) is 2.55. The second-order valence-electron chi connectivity index (χ2n) is 4.55. The Morgan fingerprint density at radius 3 is 2.94 bits per heavy atom. The van der Waals surface area contributed by atoms with Gasteiger partial charge in [-0.05, 0) is 30.6 Å². The lowest BCUT2D eigenvalue weighted by molar-refractivity contribution is 0.122. The van der Waals surface area contributed by atoms with Crippen LogP contribution in [0.4, 0.5) is 0 Å². The summed E-state index contributed by atoms with van der Waals surface area (Å²) in [5, 5.41) is 0.605. The molecule has 2 rings (SSSR count). The van der Waals surface area contributed by atoms with Gasteiger partial charge in [-0.2, -0.15) is 11.8 Å². The summed E-state index contributed by atoms with van der Waals surface area (Å²) in [6.07, 6.45) is 3.60. The minimum absolute atomic E-state index is 0.605. The first kappa shape index (κ1) is 12.7. The van der Waals surface area contributed by atoms with Gasteiger partial charge in [-0.25, -0.2) is 0 Å². The van der Waals surface area contributed by atoms with Crippen LogP contribution >= 0.6 is 11.8 Å². The van der Waals surface area contributed by atoms with Crippen LogP contribution in [0, 0.1) is 0 Å². The van der Waals surface area contributed by atoms with Crippen LogP contribution in [0.3, 0.4) is 0 Å². The molecule has 1 unspecified atom stereocenters. The molecule has 1 aliphatic rings. The minimum atomic E-state index is 0.605. The van der Waals surface area contributed by atoms with E-state index in [1.165, 1.54) is 29.7 Å². The predicted molar refractivity (Wildman–Crippen MR) is 75.3 cm³/mol. The van der Waals surface area contributed by atoms with E-state index in [1.807, 2.05) is 17.8 Å². The number of benzene rings is 1. The summed E-state index contributed by atoms with van der Waals surface area (Å²) in [6.45, 7) is 5.69. The van der Waals surface area contributed by atoms with E-state index in [-0.39, 0.29) is 0 Å². The molecular weight excluding hydrogens is 228 g/mol. The Morgan fingerprint density at radius 1 is 1.29 bits per heavy atom. The Labute approximate surface area is 108 Å². The molecule has 1 fully saturated rings. The van der Waals surface area contributed by atoms with E-state index < -0.39 is 0 Å². The minimum Gasteiger partial charge on any atom is -0.376 e. The van der Waals surface area contributed by atoms with Crippen molar-refractivity contribution in [1.29, 1.82) is 0 Å². The first-order valence-corrected chi connectivity index (χ1v) is 7.29. The lowest BCUT2D eigenvalue weighted by Crippen LogP contribution is -2.12. The maximum absolute atomic E-state index is 5.80. The van der Waals surface area contributed by atoms with Gasteiger partial charge in [0.25, 0.3) is 0 Å². The molecular formula is C15H20OS. The molecule has 0 N–H and O–H groups in total. The van der Waals surface area contributed by atoms with Crippen LogP contribution in [-0.2, 0) is 11.3 Å². The highest BCUT2D eigenvalue weighted by Gasteiger charge is 2.14. The number of rotatable bonds is 4. The van der Waals surface area contributed by atoms with E-state index >= 15 is 0 Å². The van der Waals surface area contributed by atoms with Gasteiger partial charge in [-0.1, -0.05) is 42.5 Å². The third kappa shape index (κ3) is 4.57. The molecule has 1 nitrogen and oxygen atoms in total. The van der Waals surface area contributed by atoms with E-state index in [1.54, 1.807) is 0 Å². The van der Waals surface area contributed by atoms with Crippen molar-refractivity contribution >= 4 is 11.8 Å². The van der Waals surface area contributed by atoms with Gasteiger partial charge >= 0.3 is 0 Å². The van der Waals surface area contributed by atoms with Gasteiger partial charge < -0.3 is 4.74 Å². The fourth-order valence-corrected chi connectivity index (χ4v) is 3.23. The first-order valence-electron chi connectivity index (χ1n) is 6.24. The molecule has 1 heterocycles. The number of ether oxygens (including phenoxy) is 1. The van der Waals surface area contributed by atoms with Crippen molar-refractivity contribution in [3.63, 3.8) is 0 Å². The average molecular weight is 248 g/mol. The van der Waals surface area contributed by atoms with E-state index in [4.69, 9.17) is 4.74 Å². The zero-order chi connectivity index (χ0) is 11.9. The predicted octanol–water partition coefficient (Wildman–Crippen LogP) is 4.05. The van der Waals surface area contributed by atoms with Gasteiger partial charge in [0.15, 0.2) is 0 Å². The Morgan fingerprint density at radius 2 is 2.12 bits per heavy atom. The second-order valence-corrected chi connectivity index (χ2v) is 5.96. The lowest BCUT2D eigenvalue weighted by atomic mass is 10.1. The van der Waals surface area contributed by atoms with Crippen LogP contribution < -0.4 is 0 Å². The van der Waals surface area contributed by atoms with Gasteiger partial charge in [0.1, 0.15) is 0 Å².